The second kappa shape index (κ2) is 8.83. The summed E-state index contributed by atoms with van der Waals surface area (Å²) in [5.74, 6) is 0.960. The van der Waals surface area contributed by atoms with Crippen LogP contribution in [-0.4, -0.2) is 62.5 Å². The zero-order valence-electron chi connectivity index (χ0n) is 14.2. The molecule has 2 aromatic carbocycles. The Morgan fingerprint density at radius 2 is 1.67 bits per heavy atom. The van der Waals surface area contributed by atoms with E-state index in [1.165, 1.54) is 5.56 Å². The molecule has 2 N–H and O–H groups in total. The zero-order chi connectivity index (χ0) is 16.6. The number of para-hydroxylation sites is 1. The number of hydrogen-bond acceptors (Lipinski definition) is 3. The molecular weight excluding hydrogens is 300 g/mol. The van der Waals surface area contributed by atoms with Gasteiger partial charge in [-0.1, -0.05) is 48.5 Å². The maximum Gasteiger partial charge on any atom is 0.137 e. The monoisotopic (exact) mass is 327 g/mol. The van der Waals surface area contributed by atoms with Gasteiger partial charge in [-0.3, -0.25) is 4.90 Å². The number of ether oxygens (including phenoxy) is 1. The van der Waals surface area contributed by atoms with Crippen molar-refractivity contribution in [3.05, 3.63) is 54.6 Å². The van der Waals surface area contributed by atoms with Gasteiger partial charge in [0.15, 0.2) is 0 Å². The number of nitrogens with zero attached hydrogens (tertiary/aromatic N) is 1. The molecule has 0 radical (unpaired) electrons. The van der Waals surface area contributed by atoms with E-state index in [1.54, 1.807) is 4.90 Å². The molecule has 0 unspecified atom stereocenters. The summed E-state index contributed by atoms with van der Waals surface area (Å²) < 4.78 is 6.09. The molecular formula is C20H27N2O2+. The van der Waals surface area contributed by atoms with Gasteiger partial charge in [0.25, 0.3) is 0 Å². The molecule has 0 bridgehead atoms. The third-order valence-corrected chi connectivity index (χ3v) is 4.66. The van der Waals surface area contributed by atoms with Crippen LogP contribution in [0.5, 0.6) is 5.75 Å². The van der Waals surface area contributed by atoms with Crippen molar-refractivity contribution >= 4 is 0 Å². The molecule has 0 aromatic heterocycles. The Morgan fingerprint density at radius 1 is 0.958 bits per heavy atom. The van der Waals surface area contributed by atoms with Gasteiger partial charge in [-0.25, -0.2) is 0 Å². The number of aliphatic hydroxyl groups excluding tert-OH is 1. The summed E-state index contributed by atoms with van der Waals surface area (Å²) in [7, 11) is 0. The summed E-state index contributed by atoms with van der Waals surface area (Å²) in [4.78, 5) is 3.91. The van der Waals surface area contributed by atoms with Crippen LogP contribution in [0.3, 0.4) is 0 Å². The second-order valence-corrected chi connectivity index (χ2v) is 6.28. The van der Waals surface area contributed by atoms with Gasteiger partial charge in [-0.15, -0.1) is 0 Å². The van der Waals surface area contributed by atoms with E-state index in [0.29, 0.717) is 0 Å². The number of benzene rings is 2. The number of rotatable bonds is 7. The number of quaternary nitrogens is 1. The van der Waals surface area contributed by atoms with Crippen molar-refractivity contribution in [1.82, 2.24) is 4.90 Å². The van der Waals surface area contributed by atoms with Crippen LogP contribution < -0.4 is 9.64 Å². The lowest BCUT2D eigenvalue weighted by Gasteiger charge is -2.31. The van der Waals surface area contributed by atoms with Crippen LogP contribution in [0, 0.1) is 0 Å². The van der Waals surface area contributed by atoms with Crippen LogP contribution in [0.2, 0.25) is 0 Å². The van der Waals surface area contributed by atoms with Gasteiger partial charge in [-0.05, 0) is 11.6 Å². The molecule has 0 atom stereocenters. The molecule has 1 aliphatic heterocycles. The summed E-state index contributed by atoms with van der Waals surface area (Å²) in [6.07, 6.45) is 0. The SMILES string of the molecule is OCCN1CC[NH+](CCOc2ccccc2-c2ccccc2)CC1. The quantitative estimate of drug-likeness (QED) is 0.794. The fraction of sp³-hybridized carbons (Fsp3) is 0.400. The number of β-amino-alcohol motifs (C(OH)–C–C–N with tert-alkyl or cyclic N) is 1. The molecule has 24 heavy (non-hydrogen) atoms. The Morgan fingerprint density at radius 3 is 2.42 bits per heavy atom. The Hall–Kier alpha value is -1.88. The molecule has 4 heteroatoms. The minimum atomic E-state index is 0.259. The molecule has 1 saturated heterocycles. The van der Waals surface area contributed by atoms with Crippen LogP contribution in [0.25, 0.3) is 11.1 Å². The lowest BCUT2D eigenvalue weighted by atomic mass is 10.1. The number of aliphatic hydroxyl groups is 1. The Bertz CT molecular complexity index is 610. The molecule has 4 nitrogen and oxygen atoms in total. The van der Waals surface area contributed by atoms with Gasteiger partial charge in [-0.2, -0.15) is 0 Å². The standard InChI is InChI=1S/C20H26N2O2/c23-16-14-21-10-12-22(13-11-21)15-17-24-20-9-5-4-8-19(20)18-6-2-1-3-7-18/h1-9,23H,10-17H2/p+1. The number of hydrogen-bond donors (Lipinski definition) is 2. The third-order valence-electron chi connectivity index (χ3n) is 4.66. The van der Waals surface area contributed by atoms with Crippen LogP contribution in [0.15, 0.2) is 54.6 Å². The van der Waals surface area contributed by atoms with E-state index in [4.69, 9.17) is 9.84 Å². The highest BCUT2D eigenvalue weighted by Gasteiger charge is 2.19. The van der Waals surface area contributed by atoms with Crippen LogP contribution in [-0.2, 0) is 0 Å². The van der Waals surface area contributed by atoms with E-state index in [2.05, 4.69) is 47.4 Å². The Balaban J connectivity index is 1.51. The van der Waals surface area contributed by atoms with Crippen LogP contribution >= 0.6 is 0 Å². The van der Waals surface area contributed by atoms with Crippen molar-refractivity contribution < 1.29 is 14.7 Å². The predicted octanol–water partition coefficient (Wildman–Crippen LogP) is 0.925. The average Bonchev–Trinajstić information content (AvgIpc) is 2.65. The van der Waals surface area contributed by atoms with E-state index < -0.39 is 0 Å². The summed E-state index contributed by atoms with van der Waals surface area (Å²) >= 11 is 0. The van der Waals surface area contributed by atoms with Crippen molar-refractivity contribution in [2.24, 2.45) is 0 Å². The van der Waals surface area contributed by atoms with Gasteiger partial charge >= 0.3 is 0 Å². The number of nitrogens with one attached hydrogen (secondary N) is 1. The molecule has 0 saturated carbocycles. The molecule has 128 valence electrons. The first-order valence-electron chi connectivity index (χ1n) is 8.81. The highest BCUT2D eigenvalue weighted by Crippen LogP contribution is 2.29. The average molecular weight is 327 g/mol. The maximum atomic E-state index is 9.00. The van der Waals surface area contributed by atoms with E-state index in [1.807, 2.05) is 12.1 Å². The van der Waals surface area contributed by atoms with E-state index in [0.717, 1.165) is 57.2 Å². The summed E-state index contributed by atoms with van der Waals surface area (Å²) in [6.45, 7) is 7.21. The van der Waals surface area contributed by atoms with Crippen molar-refractivity contribution in [1.29, 1.82) is 0 Å². The van der Waals surface area contributed by atoms with Crippen molar-refractivity contribution in [2.75, 3.05) is 52.5 Å². The minimum absolute atomic E-state index is 0.259. The number of piperazine rings is 1. The normalized spacial score (nSPS) is 16.2. The summed E-state index contributed by atoms with van der Waals surface area (Å²) in [6, 6.07) is 18.6. The maximum absolute atomic E-state index is 9.00. The molecule has 1 heterocycles. The summed E-state index contributed by atoms with van der Waals surface area (Å²) in [5.41, 5.74) is 2.35. The van der Waals surface area contributed by atoms with Crippen molar-refractivity contribution in [3.8, 4) is 16.9 Å². The molecule has 2 aromatic rings. The highest BCUT2D eigenvalue weighted by molar-refractivity contribution is 5.70. The van der Waals surface area contributed by atoms with Crippen molar-refractivity contribution in [3.63, 3.8) is 0 Å². The molecule has 1 fully saturated rings. The second-order valence-electron chi connectivity index (χ2n) is 6.28. The molecule has 0 aliphatic carbocycles. The first kappa shape index (κ1) is 17.0. The smallest absolute Gasteiger partial charge is 0.137 e. The lowest BCUT2D eigenvalue weighted by Crippen LogP contribution is -3.15. The topological polar surface area (TPSA) is 37.1 Å². The fourth-order valence-electron chi connectivity index (χ4n) is 3.24. The molecule has 1 aliphatic rings. The van der Waals surface area contributed by atoms with Gasteiger partial charge in [0.1, 0.15) is 18.9 Å². The minimum Gasteiger partial charge on any atom is -0.487 e. The third kappa shape index (κ3) is 4.57. The Labute approximate surface area is 144 Å². The highest BCUT2D eigenvalue weighted by atomic mass is 16.5. The van der Waals surface area contributed by atoms with Gasteiger partial charge in [0, 0.05) is 25.2 Å². The molecule has 3 rings (SSSR count). The first-order valence-corrected chi connectivity index (χ1v) is 8.81. The van der Waals surface area contributed by atoms with Crippen LogP contribution in [0.1, 0.15) is 0 Å². The predicted molar refractivity (Wildman–Crippen MR) is 96.5 cm³/mol. The van der Waals surface area contributed by atoms with E-state index in [-0.39, 0.29) is 6.61 Å². The van der Waals surface area contributed by atoms with Gasteiger partial charge in [0.2, 0.25) is 0 Å². The largest absolute Gasteiger partial charge is 0.487 e. The van der Waals surface area contributed by atoms with Crippen molar-refractivity contribution in [2.45, 2.75) is 0 Å². The summed E-state index contributed by atoms with van der Waals surface area (Å²) in [5, 5.41) is 9.00. The molecule has 0 spiro atoms. The van der Waals surface area contributed by atoms with Gasteiger partial charge in [0.05, 0.1) is 19.7 Å². The van der Waals surface area contributed by atoms with E-state index >= 15 is 0 Å². The fourth-order valence-corrected chi connectivity index (χ4v) is 3.24. The lowest BCUT2D eigenvalue weighted by molar-refractivity contribution is -0.904. The van der Waals surface area contributed by atoms with Crippen LogP contribution in [0.4, 0.5) is 0 Å². The Kier molecular flexibility index (Phi) is 6.24. The zero-order valence-corrected chi connectivity index (χ0v) is 14.2. The first-order chi connectivity index (χ1) is 11.9. The van der Waals surface area contributed by atoms with E-state index in [9.17, 15) is 0 Å². The van der Waals surface area contributed by atoms with Gasteiger partial charge < -0.3 is 14.7 Å². The molecule has 0 amide bonds.